The van der Waals surface area contributed by atoms with E-state index in [0.717, 1.165) is 24.8 Å². The molecule has 0 saturated carbocycles. The maximum Gasteiger partial charge on any atom is 0.250 e. The highest BCUT2D eigenvalue weighted by Gasteiger charge is 2.23. The summed E-state index contributed by atoms with van der Waals surface area (Å²) in [4.78, 5) is 24.0. The molecule has 0 aromatic heterocycles. The number of rotatable bonds is 3. The molecule has 0 saturated heterocycles. The smallest absolute Gasteiger partial charge is 0.250 e. The van der Waals surface area contributed by atoms with Crippen LogP contribution in [0.15, 0.2) is 52.1 Å². The fourth-order valence-electron chi connectivity index (χ4n) is 3.39. The van der Waals surface area contributed by atoms with Crippen LogP contribution in [-0.2, 0) is 12.8 Å². The minimum atomic E-state index is -0.549. The van der Waals surface area contributed by atoms with E-state index >= 15 is 0 Å². The van der Waals surface area contributed by atoms with E-state index in [1.54, 1.807) is 12.1 Å². The quantitative estimate of drug-likeness (QED) is 0.748. The molecule has 0 unspecified atom stereocenters. The van der Waals surface area contributed by atoms with Gasteiger partial charge in [-0.15, -0.1) is 0 Å². The zero-order chi connectivity index (χ0) is 16.7. The van der Waals surface area contributed by atoms with E-state index in [1.807, 2.05) is 18.2 Å². The van der Waals surface area contributed by atoms with Gasteiger partial charge in [0.25, 0.3) is 5.43 Å². The highest BCUT2D eigenvalue weighted by Crippen LogP contribution is 2.30. The number of fused-ring (bicyclic) bond motifs is 1. The highest BCUT2D eigenvalue weighted by atomic mass is 19.1. The Morgan fingerprint density at radius 1 is 0.875 bits per heavy atom. The highest BCUT2D eigenvalue weighted by molar-refractivity contribution is 5.85. The Bertz CT molecular complexity index is 999. The maximum absolute atomic E-state index is 13.3. The predicted octanol–water partition coefficient (Wildman–Crippen LogP) is 3.71. The fourth-order valence-corrected chi connectivity index (χ4v) is 3.39. The maximum atomic E-state index is 13.3. The second kappa shape index (κ2) is 5.71. The average Bonchev–Trinajstić information content (AvgIpc) is 2.61. The van der Waals surface area contributed by atoms with Crippen molar-refractivity contribution >= 4 is 11.4 Å². The van der Waals surface area contributed by atoms with Crippen LogP contribution in [0.5, 0.6) is 0 Å². The lowest BCUT2D eigenvalue weighted by molar-refractivity contribution is 0.628. The van der Waals surface area contributed by atoms with Crippen LogP contribution < -0.4 is 16.2 Å². The van der Waals surface area contributed by atoms with Crippen molar-refractivity contribution in [3.8, 4) is 11.1 Å². The molecule has 1 aliphatic carbocycles. The SMILES string of the molecule is O=c1c(Nc2cccc(F)c2)c(-c2ccc3c(c2)CCCC3)c1=O. The average molecular weight is 321 g/mol. The molecule has 0 spiro atoms. The number of nitrogens with one attached hydrogen (secondary N) is 1. The summed E-state index contributed by atoms with van der Waals surface area (Å²) in [5.74, 6) is -0.394. The zero-order valence-corrected chi connectivity index (χ0v) is 13.1. The number of anilines is 2. The first-order chi connectivity index (χ1) is 11.6. The van der Waals surface area contributed by atoms with Gasteiger partial charge in [0.15, 0.2) is 0 Å². The van der Waals surface area contributed by atoms with E-state index in [9.17, 15) is 14.0 Å². The molecule has 1 aliphatic rings. The molecule has 24 heavy (non-hydrogen) atoms. The molecule has 3 nitrogen and oxygen atoms in total. The van der Waals surface area contributed by atoms with Gasteiger partial charge in [-0.3, -0.25) is 9.59 Å². The minimum absolute atomic E-state index is 0.251. The summed E-state index contributed by atoms with van der Waals surface area (Å²) in [7, 11) is 0. The molecule has 3 aromatic carbocycles. The van der Waals surface area contributed by atoms with Crippen molar-refractivity contribution in [2.45, 2.75) is 25.7 Å². The first-order valence-corrected chi connectivity index (χ1v) is 8.11. The third-order valence-corrected chi connectivity index (χ3v) is 4.64. The molecule has 3 aromatic rings. The molecule has 0 radical (unpaired) electrons. The van der Waals surface area contributed by atoms with Gasteiger partial charge in [-0.25, -0.2) is 4.39 Å². The lowest BCUT2D eigenvalue weighted by Gasteiger charge is -2.18. The third kappa shape index (κ3) is 2.44. The van der Waals surface area contributed by atoms with Gasteiger partial charge in [-0.2, -0.15) is 0 Å². The summed E-state index contributed by atoms with van der Waals surface area (Å²) in [5.41, 5.74) is 3.42. The normalized spacial score (nSPS) is 13.7. The van der Waals surface area contributed by atoms with Crippen LogP contribution in [0.3, 0.4) is 0 Å². The van der Waals surface area contributed by atoms with Gasteiger partial charge in [0.2, 0.25) is 5.43 Å². The molecule has 0 bridgehead atoms. The zero-order valence-electron chi connectivity index (χ0n) is 13.1. The Morgan fingerprint density at radius 2 is 1.67 bits per heavy atom. The summed E-state index contributed by atoms with van der Waals surface area (Å²) in [6, 6.07) is 11.8. The monoisotopic (exact) mass is 321 g/mol. The van der Waals surface area contributed by atoms with Crippen molar-refractivity contribution in [2.75, 3.05) is 5.32 Å². The van der Waals surface area contributed by atoms with Crippen LogP contribution in [0.25, 0.3) is 11.1 Å². The van der Waals surface area contributed by atoms with Crippen LogP contribution in [-0.4, -0.2) is 0 Å². The number of hydrogen-bond donors (Lipinski definition) is 1. The van der Waals surface area contributed by atoms with E-state index in [2.05, 4.69) is 5.32 Å². The number of aryl methyl sites for hydroxylation is 2. The van der Waals surface area contributed by atoms with Crippen LogP contribution in [0.4, 0.5) is 15.8 Å². The molecule has 0 aliphatic heterocycles. The molecule has 0 atom stereocenters. The first-order valence-electron chi connectivity index (χ1n) is 8.11. The number of halogens is 1. The fraction of sp³-hybridized carbons (Fsp3) is 0.200. The van der Waals surface area contributed by atoms with E-state index in [0.29, 0.717) is 11.3 Å². The topological polar surface area (TPSA) is 46.2 Å². The minimum Gasteiger partial charge on any atom is -0.352 e. The Kier molecular flexibility index (Phi) is 3.53. The van der Waals surface area contributed by atoms with Gasteiger partial charge in [0.05, 0.1) is 5.56 Å². The Balaban J connectivity index is 1.73. The summed E-state index contributed by atoms with van der Waals surface area (Å²) in [6.07, 6.45) is 4.41. The molecule has 0 fully saturated rings. The summed E-state index contributed by atoms with van der Waals surface area (Å²) >= 11 is 0. The van der Waals surface area contributed by atoms with Gasteiger partial charge in [-0.1, -0.05) is 24.3 Å². The molecule has 1 N–H and O–H groups in total. The van der Waals surface area contributed by atoms with Crippen molar-refractivity contribution in [1.29, 1.82) is 0 Å². The molecule has 0 heterocycles. The van der Waals surface area contributed by atoms with Crippen molar-refractivity contribution in [3.05, 3.63) is 79.9 Å². The predicted molar refractivity (Wildman–Crippen MR) is 93.1 cm³/mol. The Morgan fingerprint density at radius 3 is 2.46 bits per heavy atom. The van der Waals surface area contributed by atoms with E-state index in [4.69, 9.17) is 0 Å². The summed E-state index contributed by atoms with van der Waals surface area (Å²) in [6.45, 7) is 0. The van der Waals surface area contributed by atoms with Crippen molar-refractivity contribution in [2.24, 2.45) is 0 Å². The summed E-state index contributed by atoms with van der Waals surface area (Å²) in [5, 5.41) is 2.90. The van der Waals surface area contributed by atoms with Gasteiger partial charge in [-0.05, 0) is 60.6 Å². The second-order valence-electron chi connectivity index (χ2n) is 6.23. The van der Waals surface area contributed by atoms with Crippen LogP contribution >= 0.6 is 0 Å². The van der Waals surface area contributed by atoms with Gasteiger partial charge >= 0.3 is 0 Å². The summed E-state index contributed by atoms with van der Waals surface area (Å²) < 4.78 is 13.3. The van der Waals surface area contributed by atoms with E-state index < -0.39 is 16.7 Å². The van der Waals surface area contributed by atoms with E-state index in [-0.39, 0.29) is 5.69 Å². The lowest BCUT2D eigenvalue weighted by atomic mass is 9.88. The Labute approximate surface area is 138 Å². The largest absolute Gasteiger partial charge is 0.352 e. The molecule has 0 amide bonds. The van der Waals surface area contributed by atoms with Crippen molar-refractivity contribution in [1.82, 2.24) is 0 Å². The van der Waals surface area contributed by atoms with Crippen molar-refractivity contribution in [3.63, 3.8) is 0 Å². The van der Waals surface area contributed by atoms with Gasteiger partial charge < -0.3 is 5.32 Å². The van der Waals surface area contributed by atoms with Crippen LogP contribution in [0, 0.1) is 5.82 Å². The molecule has 120 valence electrons. The molecule has 4 heteroatoms. The van der Waals surface area contributed by atoms with Crippen LogP contribution in [0.2, 0.25) is 0 Å². The molecule has 4 rings (SSSR count). The molecular formula is C20H16FNO2. The standard InChI is InChI=1S/C20H16FNO2/c21-15-6-3-7-16(11-15)22-18-17(19(23)20(18)24)14-9-8-12-4-1-2-5-13(12)10-14/h3,6-11,22H,1-2,4-5H2. The molecular weight excluding hydrogens is 305 g/mol. The van der Waals surface area contributed by atoms with Crippen molar-refractivity contribution < 1.29 is 4.39 Å². The second-order valence-corrected chi connectivity index (χ2v) is 6.23. The lowest BCUT2D eigenvalue weighted by Crippen LogP contribution is -2.35. The Hall–Kier alpha value is -2.75. The van der Waals surface area contributed by atoms with E-state index in [1.165, 1.54) is 29.7 Å². The number of benzene rings is 2. The van der Waals surface area contributed by atoms with Gasteiger partial charge in [0, 0.05) is 5.69 Å². The van der Waals surface area contributed by atoms with Crippen LogP contribution in [0.1, 0.15) is 24.0 Å². The third-order valence-electron chi connectivity index (χ3n) is 4.64. The number of hydrogen-bond acceptors (Lipinski definition) is 3. The first kappa shape index (κ1) is 14.8. The van der Waals surface area contributed by atoms with Gasteiger partial charge in [0.1, 0.15) is 11.5 Å².